The van der Waals surface area contributed by atoms with Gasteiger partial charge < -0.3 is 18.9 Å². The Kier molecular flexibility index (Phi) is 7.73. The van der Waals surface area contributed by atoms with Gasteiger partial charge in [-0.25, -0.2) is 4.79 Å². The quantitative estimate of drug-likeness (QED) is 0.436. The molecule has 0 heterocycles. The molecule has 5 heteroatoms. The van der Waals surface area contributed by atoms with E-state index in [2.05, 4.69) is 9.47 Å². The predicted octanol–water partition coefficient (Wildman–Crippen LogP) is 0.432. The molecule has 0 spiro atoms. The summed E-state index contributed by atoms with van der Waals surface area (Å²) in [5.41, 5.74) is 0. The highest BCUT2D eigenvalue weighted by molar-refractivity contribution is 5.59. The van der Waals surface area contributed by atoms with Crippen molar-refractivity contribution < 1.29 is 23.7 Å². The average molecular weight is 178 g/mol. The van der Waals surface area contributed by atoms with Crippen LogP contribution in [0.15, 0.2) is 0 Å². The van der Waals surface area contributed by atoms with E-state index >= 15 is 0 Å². The maximum absolute atomic E-state index is 10.4. The Balaban J connectivity index is 2.95. The predicted molar refractivity (Wildman–Crippen MR) is 41.1 cm³/mol. The summed E-state index contributed by atoms with van der Waals surface area (Å²) in [6, 6.07) is 0. The summed E-state index contributed by atoms with van der Waals surface area (Å²) in [5.74, 6) is 0. The SMILES string of the molecule is COCCOCCOC(=O)OC. The molecule has 0 rings (SSSR count). The second-order valence-corrected chi connectivity index (χ2v) is 1.91. The van der Waals surface area contributed by atoms with Crippen LogP contribution in [-0.4, -0.2) is 46.8 Å². The first-order valence-corrected chi connectivity index (χ1v) is 3.58. The van der Waals surface area contributed by atoms with Gasteiger partial charge in [0.25, 0.3) is 0 Å². The van der Waals surface area contributed by atoms with Gasteiger partial charge in [-0.05, 0) is 0 Å². The van der Waals surface area contributed by atoms with Crippen molar-refractivity contribution in [1.82, 2.24) is 0 Å². The summed E-state index contributed by atoms with van der Waals surface area (Å²) >= 11 is 0. The summed E-state index contributed by atoms with van der Waals surface area (Å²) in [4.78, 5) is 10.4. The minimum atomic E-state index is -0.689. The molecule has 0 unspecified atom stereocenters. The van der Waals surface area contributed by atoms with Crippen LogP contribution in [0.25, 0.3) is 0 Å². The molecule has 0 aromatic heterocycles. The van der Waals surface area contributed by atoms with Crippen LogP contribution in [0.3, 0.4) is 0 Å². The van der Waals surface area contributed by atoms with E-state index in [0.29, 0.717) is 19.8 Å². The van der Waals surface area contributed by atoms with Crippen molar-refractivity contribution in [3.05, 3.63) is 0 Å². The summed E-state index contributed by atoms with van der Waals surface area (Å²) in [7, 11) is 2.85. The second-order valence-electron chi connectivity index (χ2n) is 1.91. The molecule has 0 aliphatic rings. The van der Waals surface area contributed by atoms with Crippen molar-refractivity contribution in [1.29, 1.82) is 0 Å². The first-order valence-electron chi connectivity index (χ1n) is 3.58. The maximum atomic E-state index is 10.4. The Morgan fingerprint density at radius 3 is 2.33 bits per heavy atom. The third-order valence-electron chi connectivity index (χ3n) is 1.05. The first kappa shape index (κ1) is 11.2. The summed E-state index contributed by atoms with van der Waals surface area (Å²) < 4.78 is 18.5. The van der Waals surface area contributed by atoms with Crippen LogP contribution in [0.5, 0.6) is 0 Å². The molecular weight excluding hydrogens is 164 g/mol. The van der Waals surface area contributed by atoms with Gasteiger partial charge in [0, 0.05) is 7.11 Å². The maximum Gasteiger partial charge on any atom is 0.508 e. The molecule has 0 aromatic rings. The molecule has 12 heavy (non-hydrogen) atoms. The van der Waals surface area contributed by atoms with Crippen molar-refractivity contribution in [3.8, 4) is 0 Å². The molecule has 0 N–H and O–H groups in total. The summed E-state index contributed by atoms with van der Waals surface area (Å²) in [6.45, 7) is 1.61. The van der Waals surface area contributed by atoms with Crippen molar-refractivity contribution in [3.63, 3.8) is 0 Å². The van der Waals surface area contributed by atoms with E-state index in [1.54, 1.807) is 7.11 Å². The molecule has 0 aliphatic heterocycles. The van der Waals surface area contributed by atoms with E-state index in [0.717, 1.165) is 0 Å². The standard InChI is InChI=1S/C7H14O5/c1-9-3-4-11-5-6-12-7(8)10-2/h3-6H2,1-2H3. The molecule has 72 valence electrons. The molecule has 0 saturated heterocycles. The molecule has 0 saturated carbocycles. The molecule has 0 amide bonds. The van der Waals surface area contributed by atoms with Gasteiger partial charge in [-0.3, -0.25) is 0 Å². The Hall–Kier alpha value is -0.810. The number of methoxy groups -OCH3 is 2. The van der Waals surface area contributed by atoms with Gasteiger partial charge in [0.1, 0.15) is 6.61 Å². The van der Waals surface area contributed by atoms with Gasteiger partial charge in [0.2, 0.25) is 0 Å². The minimum absolute atomic E-state index is 0.205. The molecule has 0 fully saturated rings. The van der Waals surface area contributed by atoms with E-state index < -0.39 is 6.16 Å². The first-order chi connectivity index (χ1) is 5.81. The van der Waals surface area contributed by atoms with E-state index in [4.69, 9.17) is 9.47 Å². The topological polar surface area (TPSA) is 54.0 Å². The number of rotatable bonds is 6. The van der Waals surface area contributed by atoms with Gasteiger partial charge in [-0.15, -0.1) is 0 Å². The zero-order valence-electron chi connectivity index (χ0n) is 7.37. The van der Waals surface area contributed by atoms with Crippen molar-refractivity contribution in [2.45, 2.75) is 0 Å². The van der Waals surface area contributed by atoms with Crippen LogP contribution in [0.1, 0.15) is 0 Å². The normalized spacial score (nSPS) is 9.50. The van der Waals surface area contributed by atoms with Crippen LogP contribution in [-0.2, 0) is 18.9 Å². The smallest absolute Gasteiger partial charge is 0.438 e. The lowest BCUT2D eigenvalue weighted by Crippen LogP contribution is -2.12. The van der Waals surface area contributed by atoms with E-state index in [1.807, 2.05) is 0 Å². The van der Waals surface area contributed by atoms with E-state index in [-0.39, 0.29) is 6.61 Å². The third kappa shape index (κ3) is 7.30. The zero-order valence-corrected chi connectivity index (χ0v) is 7.37. The highest BCUT2D eigenvalue weighted by atomic mass is 16.7. The Morgan fingerprint density at radius 2 is 1.75 bits per heavy atom. The van der Waals surface area contributed by atoms with Crippen molar-refractivity contribution in [2.24, 2.45) is 0 Å². The molecule has 0 atom stereocenters. The lowest BCUT2D eigenvalue weighted by atomic mass is 10.7. The van der Waals surface area contributed by atoms with Gasteiger partial charge in [-0.1, -0.05) is 0 Å². The van der Waals surface area contributed by atoms with Crippen molar-refractivity contribution >= 4 is 6.16 Å². The van der Waals surface area contributed by atoms with E-state index in [1.165, 1.54) is 7.11 Å². The van der Waals surface area contributed by atoms with Crippen LogP contribution >= 0.6 is 0 Å². The van der Waals surface area contributed by atoms with Gasteiger partial charge in [0.05, 0.1) is 26.9 Å². The largest absolute Gasteiger partial charge is 0.508 e. The molecule has 0 aromatic carbocycles. The Bertz CT molecular complexity index is 114. The second kappa shape index (κ2) is 8.29. The Labute approximate surface area is 71.5 Å². The van der Waals surface area contributed by atoms with Crippen LogP contribution < -0.4 is 0 Å². The summed E-state index contributed by atoms with van der Waals surface area (Å²) in [5, 5.41) is 0. The zero-order chi connectivity index (χ0) is 9.23. The lowest BCUT2D eigenvalue weighted by Gasteiger charge is -2.03. The molecule has 0 radical (unpaired) electrons. The van der Waals surface area contributed by atoms with Crippen LogP contribution in [0.2, 0.25) is 0 Å². The lowest BCUT2D eigenvalue weighted by molar-refractivity contribution is 0.0226. The van der Waals surface area contributed by atoms with Gasteiger partial charge in [0.15, 0.2) is 0 Å². The molecule has 5 nitrogen and oxygen atoms in total. The Morgan fingerprint density at radius 1 is 1.08 bits per heavy atom. The molecule has 0 bridgehead atoms. The fraction of sp³-hybridized carbons (Fsp3) is 0.857. The number of hydrogen-bond donors (Lipinski definition) is 0. The van der Waals surface area contributed by atoms with Crippen LogP contribution in [0, 0.1) is 0 Å². The third-order valence-corrected chi connectivity index (χ3v) is 1.05. The fourth-order valence-corrected chi connectivity index (χ4v) is 0.487. The minimum Gasteiger partial charge on any atom is -0.438 e. The van der Waals surface area contributed by atoms with E-state index in [9.17, 15) is 4.79 Å². The number of hydrogen-bond acceptors (Lipinski definition) is 5. The fourth-order valence-electron chi connectivity index (χ4n) is 0.487. The number of ether oxygens (including phenoxy) is 4. The van der Waals surface area contributed by atoms with Crippen molar-refractivity contribution in [2.75, 3.05) is 40.6 Å². The number of carbonyl (C=O) groups excluding carboxylic acids is 1. The molecule has 0 aliphatic carbocycles. The molecular formula is C7H14O5. The number of carbonyl (C=O) groups is 1. The monoisotopic (exact) mass is 178 g/mol. The summed E-state index contributed by atoms with van der Waals surface area (Å²) in [6.07, 6.45) is -0.689. The highest BCUT2D eigenvalue weighted by Gasteiger charge is 1.98. The van der Waals surface area contributed by atoms with Gasteiger partial charge in [-0.2, -0.15) is 0 Å². The van der Waals surface area contributed by atoms with Crippen LogP contribution in [0.4, 0.5) is 4.79 Å². The average Bonchev–Trinajstić information content (AvgIpc) is 2.10. The highest BCUT2D eigenvalue weighted by Crippen LogP contribution is 1.83. The van der Waals surface area contributed by atoms with Gasteiger partial charge >= 0.3 is 6.16 Å².